The zero-order valence-electron chi connectivity index (χ0n) is 23.2. The molecular weight excluding hydrogens is 596 g/mol. The summed E-state index contributed by atoms with van der Waals surface area (Å²) in [5, 5.41) is 1.02. The molecule has 5 rings (SSSR count). The van der Waals surface area contributed by atoms with E-state index < -0.39 is 11.7 Å². The van der Waals surface area contributed by atoms with Gasteiger partial charge in [-0.05, 0) is 91.1 Å². The first-order valence-electron chi connectivity index (χ1n) is 13.7. The number of rotatable bonds is 9. The maximum atomic E-state index is 13.1. The van der Waals surface area contributed by atoms with E-state index in [1.807, 2.05) is 53.2 Å². The fraction of sp³-hybridized carbons (Fsp3) is 0.176. The van der Waals surface area contributed by atoms with Crippen LogP contribution >= 0.6 is 23.2 Å². The number of carbonyl (C=O) groups excluding carboxylic acids is 1. The fourth-order valence-electron chi connectivity index (χ4n) is 4.81. The lowest BCUT2D eigenvalue weighted by Gasteiger charge is -2.10. The van der Waals surface area contributed by atoms with Gasteiger partial charge < -0.3 is 9.30 Å². The molecular formula is C34H27Cl2F3N2O2. The second-order valence-electron chi connectivity index (χ2n) is 9.93. The van der Waals surface area contributed by atoms with Crippen LogP contribution in [0, 0.1) is 0 Å². The number of alkyl halides is 3. The van der Waals surface area contributed by atoms with Crippen LogP contribution in [0.25, 0.3) is 28.1 Å². The number of nitrogens with zero attached hydrogens (tertiary/aromatic N) is 2. The van der Waals surface area contributed by atoms with E-state index in [1.165, 1.54) is 12.1 Å². The van der Waals surface area contributed by atoms with Crippen molar-refractivity contribution in [2.75, 3.05) is 6.61 Å². The van der Waals surface area contributed by atoms with E-state index in [-0.39, 0.29) is 5.97 Å². The van der Waals surface area contributed by atoms with Crippen molar-refractivity contribution in [3.05, 3.63) is 130 Å². The van der Waals surface area contributed by atoms with Gasteiger partial charge in [-0.15, -0.1) is 0 Å². The van der Waals surface area contributed by atoms with Gasteiger partial charge in [-0.25, -0.2) is 9.78 Å². The molecule has 0 fully saturated rings. The van der Waals surface area contributed by atoms with Crippen molar-refractivity contribution in [3.63, 3.8) is 0 Å². The molecule has 0 aliphatic heterocycles. The third kappa shape index (κ3) is 7.29. The molecule has 4 aromatic carbocycles. The summed E-state index contributed by atoms with van der Waals surface area (Å²) in [4.78, 5) is 17.0. The first-order chi connectivity index (χ1) is 20.6. The van der Waals surface area contributed by atoms with Crippen LogP contribution in [0.5, 0.6) is 0 Å². The predicted octanol–water partition coefficient (Wildman–Crippen LogP) is 9.88. The minimum absolute atomic E-state index is 0.297. The Balaban J connectivity index is 1.35. The van der Waals surface area contributed by atoms with Crippen LogP contribution in [0.1, 0.15) is 40.7 Å². The summed E-state index contributed by atoms with van der Waals surface area (Å²) in [7, 11) is 0. The van der Waals surface area contributed by atoms with Crippen molar-refractivity contribution in [1.82, 2.24) is 9.55 Å². The number of imidazole rings is 1. The Morgan fingerprint density at radius 1 is 0.884 bits per heavy atom. The predicted molar refractivity (Wildman–Crippen MR) is 164 cm³/mol. The number of ether oxygens (including phenoxy) is 1. The number of aryl methyl sites for hydroxylation is 2. The number of carbonyl (C=O) groups is 1. The number of aromatic nitrogens is 2. The summed E-state index contributed by atoms with van der Waals surface area (Å²) >= 11 is 12.6. The first kappa shape index (κ1) is 30.4. The summed E-state index contributed by atoms with van der Waals surface area (Å²) in [5.74, 6) is 0.429. The van der Waals surface area contributed by atoms with Crippen LogP contribution in [0.4, 0.5) is 13.2 Å². The van der Waals surface area contributed by atoms with Gasteiger partial charge >= 0.3 is 12.1 Å². The Morgan fingerprint density at radius 2 is 1.63 bits per heavy atom. The van der Waals surface area contributed by atoms with Crippen LogP contribution in [0.3, 0.4) is 0 Å². The van der Waals surface area contributed by atoms with Crippen LogP contribution in [0.15, 0.2) is 97.2 Å². The molecule has 5 aromatic rings. The van der Waals surface area contributed by atoms with Gasteiger partial charge in [0, 0.05) is 28.9 Å². The zero-order chi connectivity index (χ0) is 30.6. The molecule has 0 bridgehead atoms. The van der Waals surface area contributed by atoms with E-state index in [0.717, 1.165) is 47.1 Å². The molecule has 0 radical (unpaired) electrons. The Hall–Kier alpha value is -4.07. The second kappa shape index (κ2) is 13.1. The van der Waals surface area contributed by atoms with E-state index in [2.05, 4.69) is 0 Å². The van der Waals surface area contributed by atoms with E-state index in [9.17, 15) is 18.0 Å². The van der Waals surface area contributed by atoms with Gasteiger partial charge in [-0.2, -0.15) is 13.2 Å². The molecule has 9 heteroatoms. The average Bonchev–Trinajstić information content (AvgIpc) is 3.41. The molecule has 1 aromatic heterocycles. The van der Waals surface area contributed by atoms with Gasteiger partial charge in [0.15, 0.2) is 0 Å². The topological polar surface area (TPSA) is 44.1 Å². The van der Waals surface area contributed by atoms with Crippen molar-refractivity contribution >= 4 is 29.2 Å². The molecule has 0 aliphatic rings. The molecule has 0 aliphatic carbocycles. The van der Waals surface area contributed by atoms with Gasteiger partial charge in [-0.3, -0.25) is 0 Å². The van der Waals surface area contributed by atoms with Crippen LogP contribution in [-0.2, 0) is 23.8 Å². The normalized spacial score (nSPS) is 11.5. The molecule has 0 saturated carbocycles. The summed E-state index contributed by atoms with van der Waals surface area (Å²) in [6.07, 6.45) is -0.319. The second-order valence-corrected chi connectivity index (χ2v) is 10.8. The molecule has 0 atom stereocenters. The lowest BCUT2D eigenvalue weighted by molar-refractivity contribution is -0.137. The van der Waals surface area contributed by atoms with Gasteiger partial charge in [0.25, 0.3) is 0 Å². The Morgan fingerprint density at radius 3 is 2.30 bits per heavy atom. The standard InChI is InChI=1S/C34H27Cl2F3N2O2/c1-2-43-33(42)24-13-16-28(17-14-24)41-21-31(29-18-15-27(35)20-30(29)36)40-32(41)8-3-5-22-9-11-23(12-10-22)25-6-4-7-26(19-25)34(37,38)39/h4,6-7,9-21H,2-3,5,8H2,1H3. The number of esters is 1. The third-order valence-corrected chi connectivity index (χ3v) is 7.53. The number of benzene rings is 4. The summed E-state index contributed by atoms with van der Waals surface area (Å²) in [6, 6.07) is 25.3. The zero-order valence-corrected chi connectivity index (χ0v) is 24.7. The van der Waals surface area contributed by atoms with Crippen LogP contribution in [0.2, 0.25) is 10.0 Å². The molecule has 0 spiro atoms. The molecule has 0 saturated heterocycles. The molecule has 43 heavy (non-hydrogen) atoms. The lowest BCUT2D eigenvalue weighted by atomic mass is 10.00. The van der Waals surface area contributed by atoms with E-state index in [0.29, 0.717) is 39.9 Å². The van der Waals surface area contributed by atoms with Gasteiger partial charge in [0.05, 0.1) is 28.5 Å². The van der Waals surface area contributed by atoms with Crippen molar-refractivity contribution < 1.29 is 22.7 Å². The minimum atomic E-state index is -4.39. The monoisotopic (exact) mass is 622 g/mol. The van der Waals surface area contributed by atoms with E-state index in [4.69, 9.17) is 32.9 Å². The highest BCUT2D eigenvalue weighted by molar-refractivity contribution is 6.36. The maximum absolute atomic E-state index is 13.1. The van der Waals surface area contributed by atoms with E-state index >= 15 is 0 Å². The number of halogens is 5. The highest BCUT2D eigenvalue weighted by Crippen LogP contribution is 2.33. The van der Waals surface area contributed by atoms with Gasteiger partial charge in [-0.1, -0.05) is 59.6 Å². The number of hydrogen-bond acceptors (Lipinski definition) is 3. The SMILES string of the molecule is CCOC(=O)c1ccc(-n2cc(-c3ccc(Cl)cc3Cl)nc2CCCc2ccc(-c3cccc(C(F)(F)F)c3)cc2)cc1. The molecule has 1 heterocycles. The first-order valence-corrected chi connectivity index (χ1v) is 14.5. The van der Waals surface area contributed by atoms with Gasteiger partial charge in [0.2, 0.25) is 0 Å². The Kier molecular flexibility index (Phi) is 9.23. The fourth-order valence-corrected chi connectivity index (χ4v) is 5.31. The smallest absolute Gasteiger partial charge is 0.416 e. The molecule has 0 unspecified atom stereocenters. The minimum Gasteiger partial charge on any atom is -0.462 e. The lowest BCUT2D eigenvalue weighted by Crippen LogP contribution is -2.05. The van der Waals surface area contributed by atoms with Crippen molar-refractivity contribution in [2.45, 2.75) is 32.4 Å². The summed E-state index contributed by atoms with van der Waals surface area (Å²) < 4.78 is 46.5. The average molecular weight is 624 g/mol. The molecule has 4 nitrogen and oxygen atoms in total. The quantitative estimate of drug-likeness (QED) is 0.154. The number of hydrogen-bond donors (Lipinski definition) is 0. The Bertz CT molecular complexity index is 1730. The molecule has 220 valence electrons. The molecule has 0 amide bonds. The van der Waals surface area contributed by atoms with E-state index in [1.54, 1.807) is 37.3 Å². The van der Waals surface area contributed by atoms with Crippen LogP contribution in [-0.4, -0.2) is 22.1 Å². The summed E-state index contributed by atoms with van der Waals surface area (Å²) in [6.45, 7) is 2.06. The molecule has 0 N–H and O–H groups in total. The largest absolute Gasteiger partial charge is 0.462 e. The Labute approximate surface area is 257 Å². The van der Waals surface area contributed by atoms with Gasteiger partial charge in [0.1, 0.15) is 5.82 Å². The van der Waals surface area contributed by atoms with Crippen molar-refractivity contribution in [2.24, 2.45) is 0 Å². The summed E-state index contributed by atoms with van der Waals surface area (Å²) in [5.41, 5.74) is 4.37. The van der Waals surface area contributed by atoms with Crippen molar-refractivity contribution in [3.8, 4) is 28.1 Å². The van der Waals surface area contributed by atoms with Crippen molar-refractivity contribution in [1.29, 1.82) is 0 Å². The maximum Gasteiger partial charge on any atom is 0.416 e. The van der Waals surface area contributed by atoms with Crippen LogP contribution < -0.4 is 0 Å². The third-order valence-electron chi connectivity index (χ3n) is 6.99. The highest BCUT2D eigenvalue weighted by Gasteiger charge is 2.30. The highest BCUT2D eigenvalue weighted by atomic mass is 35.5.